The molecule has 0 saturated carbocycles. The van der Waals surface area contributed by atoms with Gasteiger partial charge in [-0.2, -0.15) is 0 Å². The molecule has 0 bridgehead atoms. The lowest BCUT2D eigenvalue weighted by Crippen LogP contribution is -2.42. The van der Waals surface area contributed by atoms with Crippen LogP contribution in [0.4, 0.5) is 0 Å². The van der Waals surface area contributed by atoms with Crippen LogP contribution in [0.15, 0.2) is 24.3 Å². The van der Waals surface area contributed by atoms with Crippen LogP contribution < -0.4 is 15.4 Å². The summed E-state index contributed by atoms with van der Waals surface area (Å²) in [6, 6.07) is 8.76. The summed E-state index contributed by atoms with van der Waals surface area (Å²) in [7, 11) is 1.70. The second-order valence-electron chi connectivity index (χ2n) is 4.87. The summed E-state index contributed by atoms with van der Waals surface area (Å²) >= 11 is 0. The molecule has 1 atom stereocenters. The van der Waals surface area contributed by atoms with E-state index >= 15 is 0 Å². The van der Waals surface area contributed by atoms with E-state index in [1.165, 1.54) is 5.56 Å². The highest BCUT2D eigenvalue weighted by atomic mass is 16.5. The van der Waals surface area contributed by atoms with Crippen LogP contribution in [0.1, 0.15) is 12.0 Å². The highest BCUT2D eigenvalue weighted by Crippen LogP contribution is 2.12. The standard InChI is InChI=1S/C15H24N2O2/c1-18-15-4-2-3-13(11-15)5-7-16-8-6-14-12-19-10-9-17-14/h2-4,11,14,16-17H,5-10,12H2,1H3. The van der Waals surface area contributed by atoms with Crippen LogP contribution in [0.2, 0.25) is 0 Å². The maximum Gasteiger partial charge on any atom is 0.119 e. The van der Waals surface area contributed by atoms with Crippen molar-refractivity contribution >= 4 is 0 Å². The Hall–Kier alpha value is -1.10. The molecule has 4 heteroatoms. The van der Waals surface area contributed by atoms with Gasteiger partial charge in [-0.1, -0.05) is 12.1 Å². The Balaban J connectivity index is 1.58. The molecule has 0 aromatic heterocycles. The first-order chi connectivity index (χ1) is 9.38. The third-order valence-corrected chi connectivity index (χ3v) is 3.39. The normalized spacial score (nSPS) is 19.3. The number of rotatable bonds is 7. The number of ether oxygens (including phenoxy) is 2. The van der Waals surface area contributed by atoms with E-state index in [2.05, 4.69) is 22.8 Å². The minimum absolute atomic E-state index is 0.512. The summed E-state index contributed by atoms with van der Waals surface area (Å²) in [5.41, 5.74) is 1.31. The quantitative estimate of drug-likeness (QED) is 0.726. The van der Waals surface area contributed by atoms with Gasteiger partial charge in [0.15, 0.2) is 0 Å². The van der Waals surface area contributed by atoms with Crippen molar-refractivity contribution in [2.24, 2.45) is 0 Å². The van der Waals surface area contributed by atoms with Crippen molar-refractivity contribution in [3.8, 4) is 5.75 Å². The number of hydrogen-bond donors (Lipinski definition) is 2. The molecule has 2 N–H and O–H groups in total. The Morgan fingerprint density at radius 1 is 1.42 bits per heavy atom. The molecule has 0 amide bonds. The monoisotopic (exact) mass is 264 g/mol. The van der Waals surface area contributed by atoms with Crippen LogP contribution >= 0.6 is 0 Å². The summed E-state index contributed by atoms with van der Waals surface area (Å²) in [5.74, 6) is 0.932. The second-order valence-corrected chi connectivity index (χ2v) is 4.87. The average Bonchev–Trinajstić information content (AvgIpc) is 2.48. The van der Waals surface area contributed by atoms with E-state index in [9.17, 15) is 0 Å². The fraction of sp³-hybridized carbons (Fsp3) is 0.600. The molecular formula is C15H24N2O2. The minimum Gasteiger partial charge on any atom is -0.497 e. The van der Waals surface area contributed by atoms with Crippen LogP contribution in [0.3, 0.4) is 0 Å². The van der Waals surface area contributed by atoms with Gasteiger partial charge in [0.05, 0.1) is 20.3 Å². The SMILES string of the molecule is COc1cccc(CCNCCC2COCCN2)c1. The van der Waals surface area contributed by atoms with E-state index in [0.29, 0.717) is 6.04 Å². The average molecular weight is 264 g/mol. The molecular weight excluding hydrogens is 240 g/mol. The Bertz CT molecular complexity index is 365. The first kappa shape index (κ1) is 14.3. The molecule has 1 aliphatic heterocycles. The largest absolute Gasteiger partial charge is 0.497 e. The minimum atomic E-state index is 0.512. The van der Waals surface area contributed by atoms with E-state index < -0.39 is 0 Å². The molecule has 1 aliphatic rings. The lowest BCUT2D eigenvalue weighted by atomic mass is 10.1. The smallest absolute Gasteiger partial charge is 0.119 e. The number of benzene rings is 1. The van der Waals surface area contributed by atoms with Gasteiger partial charge in [-0.25, -0.2) is 0 Å². The van der Waals surface area contributed by atoms with Crippen molar-refractivity contribution in [3.63, 3.8) is 0 Å². The van der Waals surface area contributed by atoms with Gasteiger partial charge in [-0.3, -0.25) is 0 Å². The van der Waals surface area contributed by atoms with Gasteiger partial charge in [0, 0.05) is 12.6 Å². The molecule has 1 aromatic carbocycles. The molecule has 1 saturated heterocycles. The lowest BCUT2D eigenvalue weighted by molar-refractivity contribution is 0.0743. The van der Waals surface area contributed by atoms with Crippen LogP contribution in [0.25, 0.3) is 0 Å². The summed E-state index contributed by atoms with van der Waals surface area (Å²) in [6.45, 7) is 4.71. The lowest BCUT2D eigenvalue weighted by Gasteiger charge is -2.23. The molecule has 106 valence electrons. The fourth-order valence-corrected chi connectivity index (χ4v) is 2.27. The predicted molar refractivity (Wildman–Crippen MR) is 76.8 cm³/mol. The first-order valence-electron chi connectivity index (χ1n) is 7.03. The highest BCUT2D eigenvalue weighted by molar-refractivity contribution is 5.28. The zero-order valence-electron chi connectivity index (χ0n) is 11.7. The summed E-state index contributed by atoms with van der Waals surface area (Å²) in [5, 5.41) is 6.94. The van der Waals surface area contributed by atoms with Gasteiger partial charge < -0.3 is 20.1 Å². The zero-order chi connectivity index (χ0) is 13.3. The Morgan fingerprint density at radius 3 is 3.16 bits per heavy atom. The Kier molecular flexibility index (Phi) is 6.14. The van der Waals surface area contributed by atoms with E-state index in [-0.39, 0.29) is 0 Å². The van der Waals surface area contributed by atoms with Crippen molar-refractivity contribution < 1.29 is 9.47 Å². The van der Waals surface area contributed by atoms with Gasteiger partial charge >= 0.3 is 0 Å². The van der Waals surface area contributed by atoms with Gasteiger partial charge in [-0.05, 0) is 43.6 Å². The highest BCUT2D eigenvalue weighted by Gasteiger charge is 2.11. The van der Waals surface area contributed by atoms with Crippen molar-refractivity contribution in [1.29, 1.82) is 0 Å². The van der Waals surface area contributed by atoms with E-state index in [4.69, 9.17) is 9.47 Å². The molecule has 0 spiro atoms. The second kappa shape index (κ2) is 8.15. The molecule has 2 rings (SSSR count). The number of morpholine rings is 1. The number of nitrogens with one attached hydrogen (secondary N) is 2. The van der Waals surface area contributed by atoms with Crippen LogP contribution in [-0.2, 0) is 11.2 Å². The van der Waals surface area contributed by atoms with Crippen LogP contribution in [0.5, 0.6) is 5.75 Å². The molecule has 1 fully saturated rings. The Labute approximate surface area is 115 Å². The maximum atomic E-state index is 5.43. The third kappa shape index (κ3) is 5.19. The maximum absolute atomic E-state index is 5.43. The van der Waals surface area contributed by atoms with Gasteiger partial charge in [-0.15, -0.1) is 0 Å². The molecule has 1 heterocycles. The topological polar surface area (TPSA) is 42.5 Å². The molecule has 19 heavy (non-hydrogen) atoms. The van der Waals surface area contributed by atoms with Crippen LogP contribution in [0, 0.1) is 0 Å². The van der Waals surface area contributed by atoms with Gasteiger partial charge in [0.2, 0.25) is 0 Å². The van der Waals surface area contributed by atoms with Crippen molar-refractivity contribution in [3.05, 3.63) is 29.8 Å². The molecule has 1 aromatic rings. The predicted octanol–water partition coefficient (Wildman–Crippen LogP) is 1.21. The van der Waals surface area contributed by atoms with E-state index in [0.717, 1.165) is 51.4 Å². The van der Waals surface area contributed by atoms with Gasteiger partial charge in [0.25, 0.3) is 0 Å². The van der Waals surface area contributed by atoms with Crippen molar-refractivity contribution in [2.45, 2.75) is 18.9 Å². The van der Waals surface area contributed by atoms with Crippen molar-refractivity contribution in [2.75, 3.05) is 40.0 Å². The third-order valence-electron chi connectivity index (χ3n) is 3.39. The first-order valence-corrected chi connectivity index (χ1v) is 7.03. The van der Waals surface area contributed by atoms with E-state index in [1.807, 2.05) is 12.1 Å². The van der Waals surface area contributed by atoms with E-state index in [1.54, 1.807) is 7.11 Å². The fourth-order valence-electron chi connectivity index (χ4n) is 2.27. The summed E-state index contributed by atoms with van der Waals surface area (Å²) in [4.78, 5) is 0. The molecule has 4 nitrogen and oxygen atoms in total. The summed E-state index contributed by atoms with van der Waals surface area (Å²) < 4.78 is 10.6. The zero-order valence-corrected chi connectivity index (χ0v) is 11.7. The van der Waals surface area contributed by atoms with Gasteiger partial charge in [0.1, 0.15) is 5.75 Å². The number of hydrogen-bond acceptors (Lipinski definition) is 4. The van der Waals surface area contributed by atoms with Crippen LogP contribution in [-0.4, -0.2) is 46.0 Å². The Morgan fingerprint density at radius 2 is 2.37 bits per heavy atom. The molecule has 0 radical (unpaired) electrons. The van der Waals surface area contributed by atoms with Crippen molar-refractivity contribution in [1.82, 2.24) is 10.6 Å². The number of methoxy groups -OCH3 is 1. The molecule has 0 aliphatic carbocycles. The summed E-state index contributed by atoms with van der Waals surface area (Å²) in [6.07, 6.45) is 2.16. The molecule has 1 unspecified atom stereocenters.